The lowest BCUT2D eigenvalue weighted by atomic mass is 9.93. The largest absolute Gasteiger partial charge is 0.456 e. The quantitative estimate of drug-likeness (QED) is 0.156. The minimum absolute atomic E-state index is 0.867. The fourth-order valence-electron chi connectivity index (χ4n) is 8.00. The Balaban J connectivity index is 1.16. The molecule has 0 saturated carbocycles. The highest BCUT2D eigenvalue weighted by molar-refractivity contribution is 6.08. The average Bonchev–Trinajstić information content (AvgIpc) is 3.73. The molecule has 264 valence electrons. The van der Waals surface area contributed by atoms with E-state index in [0.29, 0.717) is 0 Å². The summed E-state index contributed by atoms with van der Waals surface area (Å²) in [6, 6.07) is 80.1. The maximum Gasteiger partial charge on any atom is 0.135 e. The molecular weight excluding hydrogens is 679 g/mol. The van der Waals surface area contributed by atoms with Crippen molar-refractivity contribution in [1.82, 2.24) is 0 Å². The second-order valence-corrected chi connectivity index (χ2v) is 14.1. The highest BCUT2D eigenvalue weighted by Crippen LogP contribution is 2.48. The number of hydrogen-bond donors (Lipinski definition) is 0. The minimum atomic E-state index is 0.867. The van der Waals surface area contributed by atoms with Gasteiger partial charge in [-0.3, -0.25) is 0 Å². The Bertz CT molecular complexity index is 2930. The maximum absolute atomic E-state index is 6.30. The number of hydrogen-bond acceptors (Lipinski definition) is 2. The summed E-state index contributed by atoms with van der Waals surface area (Å²) in [5.74, 6) is 0.867. The van der Waals surface area contributed by atoms with Crippen LogP contribution in [0.3, 0.4) is 0 Å². The number of fused-ring (bicyclic) bond motifs is 2. The smallest absolute Gasteiger partial charge is 0.135 e. The second-order valence-electron chi connectivity index (χ2n) is 14.1. The van der Waals surface area contributed by atoms with Crippen LogP contribution in [0.25, 0.3) is 77.6 Å². The average molecular weight is 716 g/mol. The Labute approximate surface area is 327 Å². The van der Waals surface area contributed by atoms with Gasteiger partial charge in [0.05, 0.1) is 17.1 Å². The highest BCUT2D eigenvalue weighted by atomic mass is 16.3. The Morgan fingerprint density at radius 3 is 1.52 bits per heavy atom. The maximum atomic E-state index is 6.30. The van der Waals surface area contributed by atoms with Crippen LogP contribution >= 0.6 is 0 Å². The third kappa shape index (κ3) is 6.14. The van der Waals surface area contributed by atoms with Crippen molar-refractivity contribution in [3.05, 3.63) is 224 Å². The van der Waals surface area contributed by atoms with Crippen LogP contribution in [0.2, 0.25) is 0 Å². The van der Waals surface area contributed by atoms with Gasteiger partial charge in [-0.15, -0.1) is 0 Å². The normalized spacial score (nSPS) is 11.2. The monoisotopic (exact) mass is 715 g/mol. The molecule has 10 aromatic rings. The number of rotatable bonds is 8. The molecule has 1 aromatic heterocycles. The van der Waals surface area contributed by atoms with E-state index < -0.39 is 0 Å². The van der Waals surface area contributed by atoms with Crippen molar-refractivity contribution in [2.75, 3.05) is 4.90 Å². The molecule has 2 heteroatoms. The molecule has 0 N–H and O–H groups in total. The van der Waals surface area contributed by atoms with E-state index in [9.17, 15) is 0 Å². The van der Waals surface area contributed by atoms with Crippen LogP contribution in [0, 0.1) is 0 Å². The first-order valence-corrected chi connectivity index (χ1v) is 19.1. The van der Waals surface area contributed by atoms with Gasteiger partial charge in [-0.2, -0.15) is 0 Å². The van der Waals surface area contributed by atoms with Crippen LogP contribution < -0.4 is 4.90 Å². The molecule has 0 unspecified atom stereocenters. The molecule has 10 rings (SSSR count). The summed E-state index contributed by atoms with van der Waals surface area (Å²) < 4.78 is 6.30. The van der Waals surface area contributed by atoms with Crippen molar-refractivity contribution in [3.8, 4) is 55.8 Å². The second kappa shape index (κ2) is 14.4. The van der Waals surface area contributed by atoms with Crippen LogP contribution in [0.1, 0.15) is 0 Å². The summed E-state index contributed by atoms with van der Waals surface area (Å²) in [6.07, 6.45) is 0. The van der Waals surface area contributed by atoms with Gasteiger partial charge in [0.2, 0.25) is 0 Å². The van der Waals surface area contributed by atoms with Crippen molar-refractivity contribution in [2.45, 2.75) is 0 Å². The van der Waals surface area contributed by atoms with E-state index in [1.165, 1.54) is 27.6 Å². The van der Waals surface area contributed by atoms with E-state index in [1.54, 1.807) is 0 Å². The molecule has 0 fully saturated rings. The number of para-hydroxylation sites is 3. The zero-order valence-corrected chi connectivity index (χ0v) is 30.7. The molecule has 0 aliphatic heterocycles. The lowest BCUT2D eigenvalue weighted by Crippen LogP contribution is -2.13. The molecular formula is C54H37NO. The van der Waals surface area contributed by atoms with Crippen molar-refractivity contribution in [3.63, 3.8) is 0 Å². The van der Waals surface area contributed by atoms with Gasteiger partial charge in [0.25, 0.3) is 0 Å². The van der Waals surface area contributed by atoms with Crippen LogP contribution in [-0.2, 0) is 0 Å². The standard InChI is InChI=1S/C54H37NO/c1-3-16-38(17-4-1)39-30-32-41(33-31-39)47-24-11-13-28-51(47)55(50-27-12-10-23-46(50)40-18-5-2-6-19-40)52-35-34-45(48-25-8-9-26-49(48)52)42-21-15-22-43(36-42)54-37-44-20-7-14-29-53(44)56-54/h1-37H. The fourth-order valence-corrected chi connectivity index (χ4v) is 8.00. The molecule has 9 aromatic carbocycles. The van der Waals surface area contributed by atoms with Gasteiger partial charge in [-0.1, -0.05) is 188 Å². The van der Waals surface area contributed by atoms with Crippen LogP contribution in [0.15, 0.2) is 229 Å². The van der Waals surface area contributed by atoms with E-state index in [4.69, 9.17) is 4.42 Å². The van der Waals surface area contributed by atoms with Gasteiger partial charge >= 0.3 is 0 Å². The summed E-state index contributed by atoms with van der Waals surface area (Å²) in [5, 5.41) is 3.45. The first-order valence-electron chi connectivity index (χ1n) is 19.1. The molecule has 0 amide bonds. The third-order valence-corrected chi connectivity index (χ3v) is 10.7. The van der Waals surface area contributed by atoms with Crippen LogP contribution in [0.5, 0.6) is 0 Å². The van der Waals surface area contributed by atoms with Crippen LogP contribution in [0.4, 0.5) is 17.1 Å². The van der Waals surface area contributed by atoms with E-state index >= 15 is 0 Å². The van der Waals surface area contributed by atoms with Crippen molar-refractivity contribution >= 4 is 38.8 Å². The molecule has 0 radical (unpaired) electrons. The van der Waals surface area contributed by atoms with Gasteiger partial charge in [-0.25, -0.2) is 0 Å². The number of anilines is 3. The number of benzene rings is 9. The molecule has 0 saturated heterocycles. The van der Waals surface area contributed by atoms with E-state index in [2.05, 4.69) is 211 Å². The summed E-state index contributed by atoms with van der Waals surface area (Å²) in [4.78, 5) is 2.46. The van der Waals surface area contributed by atoms with Gasteiger partial charge < -0.3 is 9.32 Å². The Kier molecular flexibility index (Phi) is 8.55. The lowest BCUT2D eigenvalue weighted by molar-refractivity contribution is 0.631. The zero-order chi connectivity index (χ0) is 37.3. The molecule has 0 aliphatic rings. The SMILES string of the molecule is c1ccc(-c2ccc(-c3ccccc3N(c3ccccc3-c3ccccc3)c3ccc(-c4cccc(-c5cc6ccccc6o5)c4)c4ccccc34)cc2)cc1. The lowest BCUT2D eigenvalue weighted by Gasteiger charge is -2.31. The predicted molar refractivity (Wildman–Crippen MR) is 236 cm³/mol. The molecule has 0 aliphatic carbocycles. The minimum Gasteiger partial charge on any atom is -0.456 e. The molecule has 0 atom stereocenters. The van der Waals surface area contributed by atoms with E-state index in [0.717, 1.165) is 67.0 Å². The summed E-state index contributed by atoms with van der Waals surface area (Å²) in [5.41, 5.74) is 14.6. The molecule has 0 bridgehead atoms. The highest BCUT2D eigenvalue weighted by Gasteiger charge is 2.23. The van der Waals surface area contributed by atoms with Crippen molar-refractivity contribution in [1.29, 1.82) is 0 Å². The molecule has 1 heterocycles. The van der Waals surface area contributed by atoms with Gasteiger partial charge in [0.1, 0.15) is 11.3 Å². The van der Waals surface area contributed by atoms with Gasteiger partial charge in [0, 0.05) is 27.5 Å². The van der Waals surface area contributed by atoms with Crippen LogP contribution in [-0.4, -0.2) is 0 Å². The summed E-state index contributed by atoms with van der Waals surface area (Å²) >= 11 is 0. The summed E-state index contributed by atoms with van der Waals surface area (Å²) in [6.45, 7) is 0. The van der Waals surface area contributed by atoms with Crippen molar-refractivity contribution < 1.29 is 4.42 Å². The first-order chi connectivity index (χ1) is 27.8. The first kappa shape index (κ1) is 33.2. The Hall–Kier alpha value is -7.42. The topological polar surface area (TPSA) is 16.4 Å². The summed E-state index contributed by atoms with van der Waals surface area (Å²) in [7, 11) is 0. The number of nitrogens with zero attached hydrogens (tertiary/aromatic N) is 1. The van der Waals surface area contributed by atoms with Gasteiger partial charge in [-0.05, 0) is 75.2 Å². The van der Waals surface area contributed by atoms with Crippen molar-refractivity contribution in [2.24, 2.45) is 0 Å². The third-order valence-electron chi connectivity index (χ3n) is 10.7. The van der Waals surface area contributed by atoms with E-state index in [1.807, 2.05) is 18.2 Å². The van der Waals surface area contributed by atoms with Gasteiger partial charge in [0.15, 0.2) is 0 Å². The fraction of sp³-hybridized carbons (Fsp3) is 0. The molecule has 2 nitrogen and oxygen atoms in total. The predicted octanol–water partition coefficient (Wildman–Crippen LogP) is 15.4. The van der Waals surface area contributed by atoms with E-state index in [-0.39, 0.29) is 0 Å². The number of furan rings is 1. The molecule has 0 spiro atoms. The molecule has 56 heavy (non-hydrogen) atoms. The Morgan fingerprint density at radius 1 is 0.286 bits per heavy atom. The Morgan fingerprint density at radius 2 is 0.804 bits per heavy atom. The zero-order valence-electron chi connectivity index (χ0n) is 30.7.